The van der Waals surface area contributed by atoms with Crippen molar-refractivity contribution in [2.45, 2.75) is 0 Å². The van der Waals surface area contributed by atoms with E-state index in [1.165, 1.54) is 6.07 Å². The van der Waals surface area contributed by atoms with Gasteiger partial charge in [0.05, 0.1) is 17.0 Å². The normalized spacial score (nSPS) is 10.5. The van der Waals surface area contributed by atoms with Crippen molar-refractivity contribution in [3.8, 4) is 22.6 Å². The molecule has 94 valence electrons. The van der Waals surface area contributed by atoms with Crippen molar-refractivity contribution in [3.63, 3.8) is 0 Å². The van der Waals surface area contributed by atoms with Crippen LogP contribution in [0.4, 0.5) is 5.82 Å². The van der Waals surface area contributed by atoms with Gasteiger partial charge in [0.25, 0.3) is 5.56 Å². The topological polar surface area (TPSA) is 113 Å². The van der Waals surface area contributed by atoms with E-state index in [-0.39, 0.29) is 5.56 Å². The van der Waals surface area contributed by atoms with Crippen molar-refractivity contribution in [2.75, 3.05) is 5.73 Å². The Hall–Kier alpha value is -2.96. The summed E-state index contributed by atoms with van der Waals surface area (Å²) in [6.07, 6.45) is 1.67. The van der Waals surface area contributed by atoms with Crippen LogP contribution in [0.25, 0.3) is 22.6 Å². The second-order valence-electron chi connectivity index (χ2n) is 3.88. The summed E-state index contributed by atoms with van der Waals surface area (Å²) in [5.41, 5.74) is 8.11. The van der Waals surface area contributed by atoms with Crippen LogP contribution in [0.1, 0.15) is 0 Å². The first kappa shape index (κ1) is 11.1. The molecular formula is C12H10N6O. The van der Waals surface area contributed by atoms with Crippen LogP contribution in [0.15, 0.2) is 41.3 Å². The first-order valence-electron chi connectivity index (χ1n) is 5.57. The van der Waals surface area contributed by atoms with Gasteiger partial charge in [0, 0.05) is 12.3 Å². The number of nitrogens with one attached hydrogen (secondary N) is 2. The second kappa shape index (κ2) is 4.37. The summed E-state index contributed by atoms with van der Waals surface area (Å²) in [5, 5.41) is 13.1. The molecule has 0 radical (unpaired) electrons. The van der Waals surface area contributed by atoms with Gasteiger partial charge in [-0.2, -0.15) is 10.2 Å². The Morgan fingerprint density at radius 1 is 1.00 bits per heavy atom. The van der Waals surface area contributed by atoms with Crippen molar-refractivity contribution < 1.29 is 0 Å². The summed E-state index contributed by atoms with van der Waals surface area (Å²) in [7, 11) is 0. The number of nitrogens with zero attached hydrogens (tertiary/aromatic N) is 3. The van der Waals surface area contributed by atoms with Gasteiger partial charge in [-0.3, -0.25) is 14.9 Å². The quantitative estimate of drug-likeness (QED) is 0.626. The Morgan fingerprint density at radius 2 is 1.89 bits per heavy atom. The van der Waals surface area contributed by atoms with Crippen LogP contribution in [-0.2, 0) is 0 Å². The van der Waals surface area contributed by atoms with E-state index in [0.717, 1.165) is 0 Å². The maximum Gasteiger partial charge on any atom is 0.264 e. The van der Waals surface area contributed by atoms with E-state index in [1.54, 1.807) is 12.3 Å². The summed E-state index contributed by atoms with van der Waals surface area (Å²) in [6.45, 7) is 0. The molecule has 3 aromatic rings. The van der Waals surface area contributed by atoms with Crippen LogP contribution in [0.2, 0.25) is 0 Å². The third-order valence-electron chi connectivity index (χ3n) is 2.65. The summed E-state index contributed by atoms with van der Waals surface area (Å²) in [6, 6.07) is 8.49. The lowest BCUT2D eigenvalue weighted by molar-refractivity contribution is 0.982. The fourth-order valence-corrected chi connectivity index (χ4v) is 1.79. The molecule has 19 heavy (non-hydrogen) atoms. The van der Waals surface area contributed by atoms with Crippen molar-refractivity contribution >= 4 is 5.82 Å². The van der Waals surface area contributed by atoms with Gasteiger partial charge >= 0.3 is 0 Å². The van der Waals surface area contributed by atoms with E-state index in [0.29, 0.717) is 28.5 Å². The molecule has 0 saturated carbocycles. The minimum Gasteiger partial charge on any atom is -0.382 e. The van der Waals surface area contributed by atoms with Crippen molar-refractivity contribution in [1.82, 2.24) is 25.4 Å². The zero-order chi connectivity index (χ0) is 13.2. The van der Waals surface area contributed by atoms with Crippen LogP contribution in [0.5, 0.6) is 0 Å². The molecule has 0 aliphatic carbocycles. The molecule has 7 heteroatoms. The van der Waals surface area contributed by atoms with Gasteiger partial charge in [-0.1, -0.05) is 6.07 Å². The van der Waals surface area contributed by atoms with E-state index in [2.05, 4.69) is 25.4 Å². The summed E-state index contributed by atoms with van der Waals surface area (Å²) in [5.74, 6) is 0.335. The molecular weight excluding hydrogens is 244 g/mol. The molecule has 4 N–H and O–H groups in total. The Morgan fingerprint density at radius 3 is 2.58 bits per heavy atom. The average molecular weight is 254 g/mol. The maximum atomic E-state index is 11.0. The number of anilines is 1. The predicted molar refractivity (Wildman–Crippen MR) is 70.1 cm³/mol. The van der Waals surface area contributed by atoms with Crippen molar-refractivity contribution in [2.24, 2.45) is 0 Å². The lowest BCUT2D eigenvalue weighted by Crippen LogP contribution is -2.06. The third kappa shape index (κ3) is 1.97. The monoisotopic (exact) mass is 254 g/mol. The van der Waals surface area contributed by atoms with E-state index in [4.69, 9.17) is 5.73 Å². The van der Waals surface area contributed by atoms with Crippen molar-refractivity contribution in [3.05, 3.63) is 46.9 Å². The molecule has 7 nitrogen and oxygen atoms in total. The highest BCUT2D eigenvalue weighted by molar-refractivity contribution is 5.84. The Bertz CT molecular complexity index is 741. The number of pyridine rings is 1. The van der Waals surface area contributed by atoms with Crippen LogP contribution in [-0.4, -0.2) is 25.4 Å². The number of nitrogen functional groups attached to an aromatic ring is 1. The molecule has 3 rings (SSSR count). The smallest absolute Gasteiger partial charge is 0.264 e. The first-order chi connectivity index (χ1) is 9.25. The number of rotatable bonds is 2. The first-order valence-corrected chi connectivity index (χ1v) is 5.57. The Kier molecular flexibility index (Phi) is 2.57. The summed E-state index contributed by atoms with van der Waals surface area (Å²) >= 11 is 0. The molecule has 0 spiro atoms. The van der Waals surface area contributed by atoms with Gasteiger partial charge in [0.15, 0.2) is 5.82 Å². The Labute approximate surface area is 107 Å². The van der Waals surface area contributed by atoms with E-state index < -0.39 is 0 Å². The standard InChI is InChI=1S/C12H10N6O/c13-12-10(7-3-1-2-6-14-7)11(17-18-12)8-4-5-9(19)16-15-8/h1-6H,(H,16,19)(H3,13,17,18). The molecule has 0 unspecified atom stereocenters. The fourth-order valence-electron chi connectivity index (χ4n) is 1.79. The number of hydrogen-bond acceptors (Lipinski definition) is 5. The number of nitrogens with two attached hydrogens (primary N) is 1. The number of aromatic nitrogens is 5. The molecule has 0 aromatic carbocycles. The Balaban J connectivity index is 2.19. The van der Waals surface area contributed by atoms with Gasteiger partial charge in [-0.15, -0.1) is 0 Å². The largest absolute Gasteiger partial charge is 0.382 e. The number of aromatic amines is 2. The molecule has 0 aliphatic heterocycles. The zero-order valence-corrected chi connectivity index (χ0v) is 9.79. The van der Waals surface area contributed by atoms with Gasteiger partial charge in [0.2, 0.25) is 0 Å². The average Bonchev–Trinajstić information content (AvgIpc) is 2.82. The molecule has 0 amide bonds. The predicted octanol–water partition coefficient (Wildman–Crippen LogP) is 0.804. The molecule has 0 saturated heterocycles. The van der Waals surface area contributed by atoms with Crippen LogP contribution in [0.3, 0.4) is 0 Å². The zero-order valence-electron chi connectivity index (χ0n) is 9.79. The number of H-pyrrole nitrogens is 2. The lowest BCUT2D eigenvalue weighted by Gasteiger charge is -2.02. The van der Waals surface area contributed by atoms with Gasteiger partial charge in [-0.05, 0) is 18.2 Å². The number of hydrogen-bond donors (Lipinski definition) is 3. The third-order valence-corrected chi connectivity index (χ3v) is 2.65. The highest BCUT2D eigenvalue weighted by Gasteiger charge is 2.16. The lowest BCUT2D eigenvalue weighted by atomic mass is 10.1. The van der Waals surface area contributed by atoms with Gasteiger partial charge in [-0.25, -0.2) is 5.10 Å². The van der Waals surface area contributed by atoms with Crippen LogP contribution >= 0.6 is 0 Å². The molecule has 3 aromatic heterocycles. The molecule has 0 aliphatic rings. The SMILES string of the molecule is Nc1n[nH]c(-c2ccc(=O)[nH]n2)c1-c1ccccn1. The highest BCUT2D eigenvalue weighted by Crippen LogP contribution is 2.31. The molecule has 3 heterocycles. The van der Waals surface area contributed by atoms with Crippen LogP contribution in [0, 0.1) is 0 Å². The minimum absolute atomic E-state index is 0.268. The minimum atomic E-state index is -0.268. The second-order valence-corrected chi connectivity index (χ2v) is 3.88. The maximum absolute atomic E-state index is 11.0. The van der Waals surface area contributed by atoms with Crippen molar-refractivity contribution in [1.29, 1.82) is 0 Å². The van der Waals surface area contributed by atoms with Crippen LogP contribution < -0.4 is 11.3 Å². The summed E-state index contributed by atoms with van der Waals surface area (Å²) < 4.78 is 0. The summed E-state index contributed by atoms with van der Waals surface area (Å²) in [4.78, 5) is 15.3. The van der Waals surface area contributed by atoms with E-state index >= 15 is 0 Å². The van der Waals surface area contributed by atoms with Gasteiger partial charge in [0.1, 0.15) is 5.69 Å². The van der Waals surface area contributed by atoms with E-state index in [9.17, 15) is 4.79 Å². The molecule has 0 atom stereocenters. The fraction of sp³-hybridized carbons (Fsp3) is 0. The van der Waals surface area contributed by atoms with Gasteiger partial charge < -0.3 is 5.73 Å². The van der Waals surface area contributed by atoms with E-state index in [1.807, 2.05) is 18.2 Å². The molecule has 0 bridgehead atoms. The highest BCUT2D eigenvalue weighted by atomic mass is 16.1. The molecule has 0 fully saturated rings.